The highest BCUT2D eigenvalue weighted by atomic mass is 16.7. The summed E-state index contributed by atoms with van der Waals surface area (Å²) in [6, 6.07) is 0.355. The summed E-state index contributed by atoms with van der Waals surface area (Å²) in [5, 5.41) is 8.95. The van der Waals surface area contributed by atoms with Crippen molar-refractivity contribution >= 4 is 12.6 Å². The molecule has 1 fully saturated rings. The predicted octanol–water partition coefficient (Wildman–Crippen LogP) is 1.86. The maximum Gasteiger partial charge on any atom is 0.494 e. The molecule has 0 amide bonds. The van der Waals surface area contributed by atoms with E-state index >= 15 is 0 Å². The van der Waals surface area contributed by atoms with E-state index in [1.165, 1.54) is 0 Å². The molecule has 0 radical (unpaired) electrons. The van der Waals surface area contributed by atoms with Gasteiger partial charge in [0, 0.05) is 0 Å². The summed E-state index contributed by atoms with van der Waals surface area (Å²) in [4.78, 5) is 0. The lowest BCUT2D eigenvalue weighted by atomic mass is 9.79. The van der Waals surface area contributed by atoms with E-state index in [0.29, 0.717) is 0 Å². The fraction of sp³-hybridized carbons (Fsp3) is 0.462. The molecule has 17 heavy (non-hydrogen) atoms. The summed E-state index contributed by atoms with van der Waals surface area (Å²) in [5.74, 6) is 0. The van der Waals surface area contributed by atoms with Crippen LogP contribution in [0.5, 0.6) is 0 Å². The fourth-order valence-electron chi connectivity index (χ4n) is 1.46. The zero-order chi connectivity index (χ0) is 16.2. The molecular formula is C13H16BNO2. The van der Waals surface area contributed by atoms with E-state index < -0.39 is 18.3 Å². The fourth-order valence-corrected chi connectivity index (χ4v) is 1.46. The van der Waals surface area contributed by atoms with Gasteiger partial charge in [-0.05, 0) is 45.2 Å². The highest BCUT2D eigenvalue weighted by Gasteiger charge is 2.51. The van der Waals surface area contributed by atoms with E-state index in [1.807, 2.05) is 27.7 Å². The van der Waals surface area contributed by atoms with Crippen LogP contribution in [0.1, 0.15) is 38.7 Å². The lowest BCUT2D eigenvalue weighted by Gasteiger charge is -2.32. The van der Waals surface area contributed by atoms with Gasteiger partial charge in [0.2, 0.25) is 0 Å². The molecule has 0 aromatic heterocycles. The number of benzene rings is 1. The van der Waals surface area contributed by atoms with Gasteiger partial charge in [-0.25, -0.2) is 0 Å². The minimum atomic E-state index is -0.990. The third kappa shape index (κ3) is 2.09. The van der Waals surface area contributed by atoms with Crippen LogP contribution in [-0.4, -0.2) is 18.3 Å². The molecule has 0 bridgehead atoms. The Labute approximate surface area is 108 Å². The lowest BCUT2D eigenvalue weighted by Crippen LogP contribution is -2.41. The zero-order valence-electron chi connectivity index (χ0n) is 14.3. The second kappa shape index (κ2) is 3.87. The van der Waals surface area contributed by atoms with Gasteiger partial charge in [0.1, 0.15) is 0 Å². The number of nitrogens with zero attached hydrogens (tertiary/aromatic N) is 1. The molecule has 0 spiro atoms. The van der Waals surface area contributed by atoms with Gasteiger partial charge in [0.25, 0.3) is 0 Å². The molecule has 0 atom stereocenters. The Kier molecular flexibility index (Phi) is 1.80. The van der Waals surface area contributed by atoms with E-state index in [9.17, 15) is 0 Å². The Bertz CT molecular complexity index is 610. The molecule has 0 saturated carbocycles. The average Bonchev–Trinajstić information content (AvgIpc) is 2.57. The molecule has 1 heterocycles. The molecule has 2 rings (SSSR count). The smallest absolute Gasteiger partial charge is 0.399 e. The van der Waals surface area contributed by atoms with Crippen LogP contribution in [0.4, 0.5) is 0 Å². The molecule has 0 aliphatic carbocycles. The largest absolute Gasteiger partial charge is 0.494 e. The van der Waals surface area contributed by atoms with Crippen LogP contribution in [0.2, 0.25) is 0 Å². The maximum absolute atomic E-state index is 8.95. The minimum absolute atomic E-state index is 0.0302. The number of rotatable bonds is 1. The third-order valence-electron chi connectivity index (χ3n) is 3.25. The first-order valence-corrected chi connectivity index (χ1v) is 5.39. The summed E-state index contributed by atoms with van der Waals surface area (Å²) in [6.45, 7) is 7.36. The third-order valence-corrected chi connectivity index (χ3v) is 3.25. The first-order chi connectivity index (χ1) is 9.53. The van der Waals surface area contributed by atoms with Crippen molar-refractivity contribution in [1.29, 1.82) is 5.26 Å². The standard InChI is InChI=1S/C13H16BNO2/c1-12(2)13(3,4)17-14(16-12)11-7-5-10(9-15)6-8-11/h5-8H,1-4H3/i5D,6D,7D,8D. The van der Waals surface area contributed by atoms with Gasteiger partial charge >= 0.3 is 7.12 Å². The molecular weight excluding hydrogens is 213 g/mol. The van der Waals surface area contributed by atoms with Crippen LogP contribution < -0.4 is 5.46 Å². The lowest BCUT2D eigenvalue weighted by molar-refractivity contribution is 0.00578. The number of hydrogen-bond donors (Lipinski definition) is 0. The molecule has 1 aliphatic heterocycles. The predicted molar refractivity (Wildman–Crippen MR) is 66.9 cm³/mol. The molecule has 3 nitrogen and oxygen atoms in total. The summed E-state index contributed by atoms with van der Waals surface area (Å²) < 4.78 is 43.2. The van der Waals surface area contributed by atoms with E-state index in [-0.39, 0.29) is 35.2 Å². The monoisotopic (exact) mass is 233 g/mol. The SMILES string of the molecule is [2H]c1c([2H])c(B2OC(C)(C)C(C)(C)O2)c([2H])c([2H])c1C#N. The van der Waals surface area contributed by atoms with Gasteiger partial charge in [-0.2, -0.15) is 5.26 Å². The van der Waals surface area contributed by atoms with E-state index in [0.717, 1.165) is 0 Å². The molecule has 0 unspecified atom stereocenters. The van der Waals surface area contributed by atoms with Crippen molar-refractivity contribution in [2.24, 2.45) is 0 Å². The Balaban J connectivity index is 2.61. The van der Waals surface area contributed by atoms with Gasteiger partial charge in [-0.3, -0.25) is 0 Å². The molecule has 88 valence electrons. The molecule has 1 saturated heterocycles. The van der Waals surface area contributed by atoms with Crippen molar-refractivity contribution in [3.8, 4) is 6.07 Å². The van der Waals surface area contributed by atoms with Crippen molar-refractivity contribution in [2.45, 2.75) is 38.9 Å². The van der Waals surface area contributed by atoms with Crippen molar-refractivity contribution in [1.82, 2.24) is 0 Å². The molecule has 1 aliphatic rings. The normalized spacial score (nSPS) is 24.5. The van der Waals surface area contributed by atoms with Gasteiger partial charge in [0.15, 0.2) is 0 Å². The first-order valence-electron chi connectivity index (χ1n) is 7.39. The van der Waals surface area contributed by atoms with Crippen molar-refractivity contribution in [3.05, 3.63) is 29.7 Å². The highest BCUT2D eigenvalue weighted by Crippen LogP contribution is 2.36. The van der Waals surface area contributed by atoms with Crippen LogP contribution in [0.15, 0.2) is 24.2 Å². The minimum Gasteiger partial charge on any atom is -0.399 e. The van der Waals surface area contributed by atoms with Gasteiger partial charge in [-0.1, -0.05) is 12.1 Å². The van der Waals surface area contributed by atoms with E-state index in [1.54, 1.807) is 6.07 Å². The van der Waals surface area contributed by atoms with Crippen molar-refractivity contribution in [3.63, 3.8) is 0 Å². The molecule has 0 N–H and O–H groups in total. The molecule has 1 aromatic carbocycles. The van der Waals surface area contributed by atoms with Gasteiger partial charge in [-0.15, -0.1) is 0 Å². The second-order valence-corrected chi connectivity index (χ2v) is 4.99. The number of nitriles is 1. The van der Waals surface area contributed by atoms with E-state index in [4.69, 9.17) is 20.1 Å². The second-order valence-electron chi connectivity index (χ2n) is 4.99. The Morgan fingerprint density at radius 2 is 1.59 bits per heavy atom. The maximum atomic E-state index is 8.95. The number of hydrogen-bond acceptors (Lipinski definition) is 3. The Morgan fingerprint density at radius 3 is 2.00 bits per heavy atom. The molecule has 1 aromatic rings. The van der Waals surface area contributed by atoms with Gasteiger partial charge in [0.05, 0.1) is 28.3 Å². The van der Waals surface area contributed by atoms with Crippen LogP contribution in [0.25, 0.3) is 0 Å². The topological polar surface area (TPSA) is 42.2 Å². The van der Waals surface area contributed by atoms with Crippen LogP contribution >= 0.6 is 0 Å². The average molecular weight is 233 g/mol. The summed E-state index contributed by atoms with van der Waals surface area (Å²) in [7, 11) is -0.990. The van der Waals surface area contributed by atoms with Crippen LogP contribution in [0, 0.1) is 11.3 Å². The van der Waals surface area contributed by atoms with Crippen molar-refractivity contribution in [2.75, 3.05) is 0 Å². The Morgan fingerprint density at radius 1 is 1.12 bits per heavy atom. The van der Waals surface area contributed by atoms with Crippen LogP contribution in [0.3, 0.4) is 0 Å². The zero-order valence-corrected chi connectivity index (χ0v) is 10.3. The quantitative estimate of drug-likeness (QED) is 0.695. The Hall–Kier alpha value is -1.31. The summed E-state index contributed by atoms with van der Waals surface area (Å²) >= 11 is 0. The molecule has 4 heteroatoms. The van der Waals surface area contributed by atoms with Gasteiger partial charge < -0.3 is 9.31 Å². The summed E-state index contributed by atoms with van der Waals surface area (Å²) in [6.07, 6.45) is 0. The van der Waals surface area contributed by atoms with Crippen LogP contribution in [-0.2, 0) is 9.31 Å². The highest BCUT2D eigenvalue weighted by molar-refractivity contribution is 6.62. The van der Waals surface area contributed by atoms with E-state index in [2.05, 4.69) is 0 Å². The summed E-state index contributed by atoms with van der Waals surface area (Å²) in [5.41, 5.74) is -1.53. The first kappa shape index (κ1) is 7.91. The van der Waals surface area contributed by atoms with Crippen molar-refractivity contribution < 1.29 is 14.8 Å².